The molecule has 0 aromatic rings. The molecule has 8 nitrogen and oxygen atoms in total. The number of nitrogens with one attached hydrogen (secondary N) is 2. The Morgan fingerprint density at radius 3 is 1.32 bits per heavy atom. The second-order valence-corrected chi connectivity index (χ2v) is 11.4. The molecule has 0 rings (SSSR count). The molecule has 0 aliphatic carbocycles. The molecule has 0 bridgehead atoms. The van der Waals surface area contributed by atoms with Gasteiger partial charge in [0, 0.05) is 24.6 Å². The second-order valence-electron chi connectivity index (χ2n) is 4.41. The Kier molecular flexibility index (Phi) is 13.1. The molecule has 0 saturated carbocycles. The largest absolute Gasteiger partial charge is 0.319 e. The number of rotatable bonds is 15. The van der Waals surface area contributed by atoms with E-state index in [1.807, 2.05) is 0 Å². The Labute approximate surface area is 139 Å². The fraction of sp³-hybridized carbons (Fsp3) is 1.00. The Balaban J connectivity index is 3.15. The summed E-state index contributed by atoms with van der Waals surface area (Å²) < 4.78 is 58.7. The highest BCUT2D eigenvalue weighted by molar-refractivity contribution is 8.70. The zero-order valence-electron chi connectivity index (χ0n) is 12.2. The maximum Gasteiger partial charge on any atom is 0.319 e. The van der Waals surface area contributed by atoms with Crippen molar-refractivity contribution in [3.8, 4) is 0 Å². The molecule has 0 aromatic heterocycles. The van der Waals surface area contributed by atoms with E-state index in [-0.39, 0.29) is 0 Å². The van der Waals surface area contributed by atoms with E-state index >= 15 is 0 Å². The molecule has 0 aromatic carbocycles. The third-order valence-electron chi connectivity index (χ3n) is 2.48. The van der Waals surface area contributed by atoms with Crippen LogP contribution in [-0.4, -0.2) is 63.6 Å². The fourth-order valence-electron chi connectivity index (χ4n) is 1.54. The average Bonchev–Trinajstić information content (AvgIpc) is 2.36. The zero-order valence-corrected chi connectivity index (χ0v) is 15.5. The third-order valence-corrected chi connectivity index (χ3v) is 6.60. The first kappa shape index (κ1) is 22.4. The molecular weight excluding hydrogens is 372 g/mol. The van der Waals surface area contributed by atoms with Crippen LogP contribution in [0, 0.1) is 0 Å². The monoisotopic (exact) mass is 396 g/mol. The van der Waals surface area contributed by atoms with Crippen LogP contribution in [0.2, 0.25) is 0 Å². The molecule has 0 atom stereocenters. The smallest absolute Gasteiger partial charge is 0.316 e. The lowest BCUT2D eigenvalue weighted by atomic mass is 10.2. The minimum atomic E-state index is -3.93. The van der Waals surface area contributed by atoms with Gasteiger partial charge in [0.25, 0.3) is 0 Å². The summed E-state index contributed by atoms with van der Waals surface area (Å²) in [5.41, 5.74) is 0. The van der Waals surface area contributed by atoms with Crippen LogP contribution in [0.3, 0.4) is 0 Å². The van der Waals surface area contributed by atoms with Gasteiger partial charge in [0.15, 0.2) is 0 Å². The highest BCUT2D eigenvalue weighted by Crippen LogP contribution is 2.07. The van der Waals surface area contributed by atoms with Gasteiger partial charge >= 0.3 is 18.3 Å². The van der Waals surface area contributed by atoms with E-state index < -0.39 is 18.3 Å². The van der Waals surface area contributed by atoms with Gasteiger partial charge in [-0.05, 0) is 47.5 Å². The molecule has 0 saturated heterocycles. The minimum Gasteiger partial charge on any atom is -0.316 e. The maximum atomic E-state index is 10.4. The maximum absolute atomic E-state index is 10.4. The molecule has 0 aliphatic rings. The lowest BCUT2D eigenvalue weighted by Crippen LogP contribution is -2.20. The van der Waals surface area contributed by atoms with E-state index in [0.717, 1.165) is 38.8 Å². The standard InChI is InChI=1S/C10H24N2O6S4/c13-21(14,15)19-9-7-11-5-3-1-2-4-6-12-8-10-20-22(16,17)18/h11-12H,1-10H2,(H,13,14,15)(H,16,17,18). The minimum absolute atomic E-state index is 0.324. The third kappa shape index (κ3) is 20.4. The molecule has 0 fully saturated rings. The highest BCUT2D eigenvalue weighted by atomic mass is 33.2. The molecule has 0 unspecified atom stereocenters. The van der Waals surface area contributed by atoms with Crippen molar-refractivity contribution in [2.75, 3.05) is 37.7 Å². The first-order chi connectivity index (χ1) is 10.2. The highest BCUT2D eigenvalue weighted by Gasteiger charge is 2.04. The van der Waals surface area contributed by atoms with Crippen molar-refractivity contribution < 1.29 is 25.9 Å². The summed E-state index contributed by atoms with van der Waals surface area (Å²) in [7, 11) is -6.82. The lowest BCUT2D eigenvalue weighted by molar-refractivity contribution is 0.500. The van der Waals surface area contributed by atoms with Gasteiger partial charge in [-0.2, -0.15) is 16.8 Å². The van der Waals surface area contributed by atoms with Crippen LogP contribution in [-0.2, 0) is 18.3 Å². The Morgan fingerprint density at radius 1 is 0.636 bits per heavy atom. The Morgan fingerprint density at radius 2 is 1.00 bits per heavy atom. The van der Waals surface area contributed by atoms with Crippen molar-refractivity contribution in [3.63, 3.8) is 0 Å². The van der Waals surface area contributed by atoms with Crippen LogP contribution in [0.5, 0.6) is 0 Å². The van der Waals surface area contributed by atoms with Gasteiger partial charge in [0.1, 0.15) is 0 Å². The van der Waals surface area contributed by atoms with E-state index in [9.17, 15) is 16.8 Å². The molecule has 0 spiro atoms. The van der Waals surface area contributed by atoms with Crippen molar-refractivity contribution in [1.29, 1.82) is 0 Å². The fourth-order valence-corrected chi connectivity index (χ4v) is 4.18. The molecule has 22 heavy (non-hydrogen) atoms. The normalized spacial score (nSPS) is 12.6. The van der Waals surface area contributed by atoms with Crippen LogP contribution in [0.4, 0.5) is 0 Å². The molecule has 4 N–H and O–H groups in total. The van der Waals surface area contributed by atoms with Gasteiger partial charge in [-0.15, -0.1) is 0 Å². The molecule has 0 heterocycles. The summed E-state index contributed by atoms with van der Waals surface area (Å²) in [5, 5.41) is 6.19. The molecule has 0 amide bonds. The zero-order chi connectivity index (χ0) is 16.9. The quantitative estimate of drug-likeness (QED) is 0.179. The van der Waals surface area contributed by atoms with E-state index in [1.165, 1.54) is 0 Å². The Hall–Kier alpha value is 0.440. The van der Waals surface area contributed by atoms with Crippen LogP contribution in [0.25, 0.3) is 0 Å². The predicted octanol–water partition coefficient (Wildman–Crippen LogP) is 0.798. The molecule has 12 heteroatoms. The second kappa shape index (κ2) is 12.8. The number of hydrogen-bond acceptors (Lipinski definition) is 8. The molecule has 134 valence electrons. The van der Waals surface area contributed by atoms with Crippen molar-refractivity contribution in [2.24, 2.45) is 0 Å². The van der Waals surface area contributed by atoms with Crippen molar-refractivity contribution in [3.05, 3.63) is 0 Å². The summed E-state index contributed by atoms with van der Waals surface area (Å²) in [6.45, 7) is 2.70. The summed E-state index contributed by atoms with van der Waals surface area (Å²) in [6, 6.07) is 0. The predicted molar refractivity (Wildman–Crippen MR) is 92.2 cm³/mol. The molecule has 0 aliphatic heterocycles. The van der Waals surface area contributed by atoms with Gasteiger partial charge in [0.05, 0.1) is 0 Å². The van der Waals surface area contributed by atoms with Gasteiger partial charge in [-0.1, -0.05) is 12.8 Å². The summed E-state index contributed by atoms with van der Waals surface area (Å²) in [6.07, 6.45) is 4.10. The van der Waals surface area contributed by atoms with Crippen LogP contribution in [0.1, 0.15) is 25.7 Å². The van der Waals surface area contributed by atoms with Gasteiger partial charge < -0.3 is 10.6 Å². The van der Waals surface area contributed by atoms with E-state index in [0.29, 0.717) is 46.2 Å². The van der Waals surface area contributed by atoms with Crippen molar-refractivity contribution >= 4 is 39.9 Å². The number of unbranched alkanes of at least 4 members (excludes halogenated alkanes) is 3. The SMILES string of the molecule is O=S(=O)(O)SCCNCCCCCCNCCSS(=O)(=O)O. The van der Waals surface area contributed by atoms with Crippen LogP contribution >= 0.6 is 21.6 Å². The van der Waals surface area contributed by atoms with Crippen LogP contribution < -0.4 is 10.6 Å². The van der Waals surface area contributed by atoms with Gasteiger partial charge in [-0.25, -0.2) is 0 Å². The summed E-state index contributed by atoms with van der Waals surface area (Å²) >= 11 is 0. The van der Waals surface area contributed by atoms with Crippen molar-refractivity contribution in [2.45, 2.75) is 25.7 Å². The molecular formula is C10H24N2O6S4. The van der Waals surface area contributed by atoms with Crippen molar-refractivity contribution in [1.82, 2.24) is 10.6 Å². The first-order valence-corrected chi connectivity index (χ1v) is 12.7. The van der Waals surface area contributed by atoms with Gasteiger partial charge in [-0.3, -0.25) is 9.11 Å². The Bertz CT molecular complexity index is 424. The number of hydrogen-bond donors (Lipinski definition) is 4. The lowest BCUT2D eigenvalue weighted by Gasteiger charge is -2.05. The van der Waals surface area contributed by atoms with E-state index in [2.05, 4.69) is 10.6 Å². The topological polar surface area (TPSA) is 133 Å². The van der Waals surface area contributed by atoms with Gasteiger partial charge in [0.2, 0.25) is 0 Å². The van der Waals surface area contributed by atoms with Crippen LogP contribution in [0.15, 0.2) is 0 Å². The summed E-state index contributed by atoms with van der Waals surface area (Å²) in [4.78, 5) is 0. The average molecular weight is 397 g/mol. The molecule has 0 radical (unpaired) electrons. The van der Waals surface area contributed by atoms with E-state index in [1.54, 1.807) is 0 Å². The first-order valence-electron chi connectivity index (χ1n) is 6.86. The summed E-state index contributed by atoms with van der Waals surface area (Å²) in [5.74, 6) is 0.647. The van der Waals surface area contributed by atoms with E-state index in [4.69, 9.17) is 9.11 Å².